The molecule has 5 nitrogen and oxygen atoms in total. The minimum Gasteiger partial charge on any atom is -0.379 e. The lowest BCUT2D eigenvalue weighted by atomic mass is 10.0. The fraction of sp³-hybridized carbons (Fsp3) is 0.824. The van der Waals surface area contributed by atoms with Crippen LogP contribution in [0.5, 0.6) is 0 Å². The Morgan fingerprint density at radius 3 is 2.55 bits per heavy atom. The van der Waals surface area contributed by atoms with Gasteiger partial charge in [0, 0.05) is 38.8 Å². The van der Waals surface area contributed by atoms with E-state index >= 15 is 0 Å². The lowest BCUT2D eigenvalue weighted by Gasteiger charge is -2.36. The summed E-state index contributed by atoms with van der Waals surface area (Å²) in [5.74, 6) is 1.62. The van der Waals surface area contributed by atoms with Crippen molar-refractivity contribution in [2.24, 2.45) is 10.9 Å². The third-order valence-corrected chi connectivity index (χ3v) is 4.38. The highest BCUT2D eigenvalue weighted by atomic mass is 16.5. The second-order valence-electron chi connectivity index (χ2n) is 6.67. The van der Waals surface area contributed by atoms with Crippen LogP contribution in [-0.2, 0) is 4.74 Å². The molecular formula is C17H32N4O. The summed E-state index contributed by atoms with van der Waals surface area (Å²) in [6, 6.07) is 1.04. The van der Waals surface area contributed by atoms with Crippen LogP contribution in [0.2, 0.25) is 0 Å². The molecule has 22 heavy (non-hydrogen) atoms. The van der Waals surface area contributed by atoms with Gasteiger partial charge in [0.25, 0.3) is 0 Å². The maximum atomic E-state index is 5.49. The number of ether oxygens (including phenoxy) is 1. The number of guanidine groups is 1. The molecule has 1 saturated heterocycles. The molecule has 0 radical (unpaired) electrons. The molecule has 1 unspecified atom stereocenters. The standard InChI is InChI=1S/C17H32N4O/c1-14(2)12-16(21-8-10-22-11-9-21)13-19-17(18-3)20-15-6-4-5-7-15/h4-5,14-16H,6-13H2,1-3H3,(H2,18,19,20). The second-order valence-corrected chi connectivity index (χ2v) is 6.67. The van der Waals surface area contributed by atoms with E-state index in [4.69, 9.17) is 4.74 Å². The molecule has 0 bridgehead atoms. The predicted molar refractivity (Wildman–Crippen MR) is 92.3 cm³/mol. The SMILES string of the molecule is CN=C(NCC(CC(C)C)N1CCOCC1)NC1CC=CC1. The number of hydrogen-bond acceptors (Lipinski definition) is 3. The quantitative estimate of drug-likeness (QED) is 0.445. The van der Waals surface area contributed by atoms with Gasteiger partial charge < -0.3 is 15.4 Å². The van der Waals surface area contributed by atoms with Crippen LogP contribution < -0.4 is 10.6 Å². The zero-order valence-electron chi connectivity index (χ0n) is 14.3. The highest BCUT2D eigenvalue weighted by Gasteiger charge is 2.22. The van der Waals surface area contributed by atoms with E-state index in [1.807, 2.05) is 7.05 Å². The predicted octanol–water partition coefficient (Wildman–Crippen LogP) is 1.62. The van der Waals surface area contributed by atoms with E-state index in [2.05, 4.69) is 46.5 Å². The molecule has 2 aliphatic rings. The average Bonchev–Trinajstić information content (AvgIpc) is 3.03. The van der Waals surface area contributed by atoms with Crippen LogP contribution in [0, 0.1) is 5.92 Å². The number of rotatable bonds is 6. The van der Waals surface area contributed by atoms with Crippen molar-refractivity contribution in [1.29, 1.82) is 0 Å². The molecule has 0 aromatic rings. The van der Waals surface area contributed by atoms with Gasteiger partial charge in [-0.05, 0) is 25.2 Å². The van der Waals surface area contributed by atoms with Gasteiger partial charge in [-0.15, -0.1) is 0 Å². The maximum Gasteiger partial charge on any atom is 0.191 e. The van der Waals surface area contributed by atoms with Crippen molar-refractivity contribution >= 4 is 5.96 Å². The van der Waals surface area contributed by atoms with Gasteiger partial charge in [0.15, 0.2) is 5.96 Å². The Morgan fingerprint density at radius 1 is 1.27 bits per heavy atom. The Morgan fingerprint density at radius 2 is 1.95 bits per heavy atom. The van der Waals surface area contributed by atoms with Crippen LogP contribution in [0.25, 0.3) is 0 Å². The molecule has 1 aliphatic carbocycles. The molecule has 1 aliphatic heterocycles. The van der Waals surface area contributed by atoms with Crippen molar-refractivity contribution in [1.82, 2.24) is 15.5 Å². The van der Waals surface area contributed by atoms with E-state index in [0.29, 0.717) is 18.0 Å². The number of hydrogen-bond donors (Lipinski definition) is 2. The largest absolute Gasteiger partial charge is 0.379 e. The fourth-order valence-corrected chi connectivity index (χ4v) is 3.19. The van der Waals surface area contributed by atoms with Crippen molar-refractivity contribution in [3.05, 3.63) is 12.2 Å². The normalized spacial score (nSPS) is 22.3. The monoisotopic (exact) mass is 308 g/mol. The van der Waals surface area contributed by atoms with Crippen molar-refractivity contribution in [3.63, 3.8) is 0 Å². The summed E-state index contributed by atoms with van der Waals surface area (Å²) in [7, 11) is 1.85. The first-order valence-electron chi connectivity index (χ1n) is 8.63. The fourth-order valence-electron chi connectivity index (χ4n) is 3.19. The van der Waals surface area contributed by atoms with Crippen LogP contribution >= 0.6 is 0 Å². The first kappa shape index (κ1) is 17.3. The molecule has 0 amide bonds. The molecule has 1 heterocycles. The highest BCUT2D eigenvalue weighted by molar-refractivity contribution is 5.80. The van der Waals surface area contributed by atoms with Gasteiger partial charge >= 0.3 is 0 Å². The maximum absolute atomic E-state index is 5.49. The molecule has 2 N–H and O–H groups in total. The van der Waals surface area contributed by atoms with Gasteiger partial charge in [0.2, 0.25) is 0 Å². The zero-order valence-corrected chi connectivity index (χ0v) is 14.3. The number of morpholine rings is 1. The second kappa shape index (κ2) is 9.16. The Bertz CT molecular complexity index is 367. The third kappa shape index (κ3) is 5.61. The summed E-state index contributed by atoms with van der Waals surface area (Å²) in [6.45, 7) is 9.33. The zero-order chi connectivity index (χ0) is 15.8. The molecule has 126 valence electrons. The summed E-state index contributed by atoms with van der Waals surface area (Å²) in [5.41, 5.74) is 0. The van der Waals surface area contributed by atoms with Crippen molar-refractivity contribution in [2.75, 3.05) is 39.9 Å². The highest BCUT2D eigenvalue weighted by Crippen LogP contribution is 2.13. The van der Waals surface area contributed by atoms with Crippen molar-refractivity contribution in [2.45, 2.75) is 45.2 Å². The topological polar surface area (TPSA) is 48.9 Å². The minimum absolute atomic E-state index is 0.498. The first-order chi connectivity index (χ1) is 10.7. The summed E-state index contributed by atoms with van der Waals surface area (Å²) in [4.78, 5) is 6.93. The van der Waals surface area contributed by atoms with Crippen LogP contribution in [0.15, 0.2) is 17.1 Å². The molecule has 0 aromatic carbocycles. The molecular weight excluding hydrogens is 276 g/mol. The molecule has 2 rings (SSSR count). The Hall–Kier alpha value is -1.07. The van der Waals surface area contributed by atoms with E-state index in [1.165, 1.54) is 6.42 Å². The van der Waals surface area contributed by atoms with E-state index < -0.39 is 0 Å². The van der Waals surface area contributed by atoms with Gasteiger partial charge in [-0.1, -0.05) is 26.0 Å². The summed E-state index contributed by atoms with van der Waals surface area (Å²) in [6.07, 6.45) is 7.87. The van der Waals surface area contributed by atoms with Crippen LogP contribution in [0.3, 0.4) is 0 Å². The van der Waals surface area contributed by atoms with Gasteiger partial charge in [-0.2, -0.15) is 0 Å². The average molecular weight is 308 g/mol. The van der Waals surface area contributed by atoms with Crippen LogP contribution in [-0.4, -0.2) is 62.8 Å². The third-order valence-electron chi connectivity index (χ3n) is 4.38. The van der Waals surface area contributed by atoms with Gasteiger partial charge in [-0.3, -0.25) is 9.89 Å². The van der Waals surface area contributed by atoms with Gasteiger partial charge in [0.1, 0.15) is 0 Å². The van der Waals surface area contributed by atoms with E-state index in [-0.39, 0.29) is 0 Å². The number of nitrogens with zero attached hydrogens (tertiary/aromatic N) is 2. The Kier molecular flexibility index (Phi) is 7.19. The molecule has 0 aromatic heterocycles. The molecule has 0 spiro atoms. The molecule has 0 saturated carbocycles. The van der Waals surface area contributed by atoms with Crippen molar-refractivity contribution in [3.8, 4) is 0 Å². The number of nitrogens with one attached hydrogen (secondary N) is 2. The van der Waals surface area contributed by atoms with Gasteiger partial charge in [0.05, 0.1) is 13.2 Å². The van der Waals surface area contributed by atoms with E-state index in [1.54, 1.807) is 0 Å². The Labute approximate surface area is 135 Å². The number of aliphatic imine (C=N–C) groups is 1. The molecule has 1 atom stereocenters. The Balaban J connectivity index is 1.82. The van der Waals surface area contributed by atoms with Crippen LogP contribution in [0.1, 0.15) is 33.1 Å². The van der Waals surface area contributed by atoms with Crippen molar-refractivity contribution < 1.29 is 4.74 Å². The lowest BCUT2D eigenvalue weighted by Crippen LogP contribution is -2.52. The minimum atomic E-state index is 0.498. The summed E-state index contributed by atoms with van der Waals surface area (Å²) in [5, 5.41) is 7.04. The smallest absolute Gasteiger partial charge is 0.191 e. The lowest BCUT2D eigenvalue weighted by molar-refractivity contribution is 0.0132. The summed E-state index contributed by atoms with van der Waals surface area (Å²) < 4.78 is 5.49. The van der Waals surface area contributed by atoms with E-state index in [0.717, 1.165) is 51.6 Å². The van der Waals surface area contributed by atoms with E-state index in [9.17, 15) is 0 Å². The van der Waals surface area contributed by atoms with Gasteiger partial charge in [-0.25, -0.2) is 0 Å². The molecule has 5 heteroatoms. The molecule has 1 fully saturated rings. The summed E-state index contributed by atoms with van der Waals surface area (Å²) >= 11 is 0. The van der Waals surface area contributed by atoms with Crippen LogP contribution in [0.4, 0.5) is 0 Å². The first-order valence-corrected chi connectivity index (χ1v) is 8.63.